The highest BCUT2D eigenvalue weighted by Gasteiger charge is 2.39. The average Bonchev–Trinajstić information content (AvgIpc) is 2.68. The normalized spacial score (nSPS) is 28.8. The number of allylic oxidation sites excluding steroid dienone is 1. The van der Waals surface area contributed by atoms with E-state index in [2.05, 4.69) is 6.92 Å². The third-order valence-electron chi connectivity index (χ3n) is 7.30. The minimum Gasteiger partial charge on any atom is -0.206 e. The van der Waals surface area contributed by atoms with Crippen molar-refractivity contribution in [3.8, 4) is 0 Å². The quantitative estimate of drug-likeness (QED) is 0.426. The summed E-state index contributed by atoms with van der Waals surface area (Å²) in [6.45, 7) is 3.89. The summed E-state index contributed by atoms with van der Waals surface area (Å²) in [5.74, 6) is 1.16. The lowest BCUT2D eigenvalue weighted by atomic mass is 9.68. The van der Waals surface area contributed by atoms with Crippen molar-refractivity contribution in [1.29, 1.82) is 0 Å². The molecule has 0 aromatic heterocycles. The van der Waals surface area contributed by atoms with Crippen molar-refractivity contribution >= 4 is 6.08 Å². The minimum atomic E-state index is -4.68. The smallest absolute Gasteiger partial charge is 0.206 e. The molecule has 0 heterocycles. The third-order valence-corrected chi connectivity index (χ3v) is 7.30. The summed E-state index contributed by atoms with van der Waals surface area (Å²) < 4.78 is 55.4. The van der Waals surface area contributed by atoms with E-state index in [0.717, 1.165) is 37.5 Å². The molecule has 0 saturated heterocycles. The van der Waals surface area contributed by atoms with Crippen molar-refractivity contribution in [2.45, 2.75) is 90.1 Å². The molecule has 0 bridgehead atoms. The van der Waals surface area contributed by atoms with Crippen molar-refractivity contribution in [3.63, 3.8) is 0 Å². The molecule has 3 rings (SSSR count). The van der Waals surface area contributed by atoms with Crippen LogP contribution < -0.4 is 0 Å². The zero-order valence-corrected chi connectivity index (χ0v) is 17.7. The Hall–Kier alpha value is -1.32. The number of hydrogen-bond acceptors (Lipinski definition) is 0. The van der Waals surface area contributed by atoms with Crippen molar-refractivity contribution < 1.29 is 17.6 Å². The first kappa shape index (κ1) is 22.4. The van der Waals surface area contributed by atoms with Crippen LogP contribution in [0.5, 0.6) is 0 Å². The summed E-state index contributed by atoms with van der Waals surface area (Å²) >= 11 is 0. The summed E-state index contributed by atoms with van der Waals surface area (Å²) in [5, 5.41) is 0. The van der Waals surface area contributed by atoms with Gasteiger partial charge in [-0.05, 0) is 80.2 Å². The van der Waals surface area contributed by atoms with E-state index >= 15 is 0 Å². The van der Waals surface area contributed by atoms with E-state index in [4.69, 9.17) is 0 Å². The van der Waals surface area contributed by atoms with Gasteiger partial charge in [-0.3, -0.25) is 0 Å². The van der Waals surface area contributed by atoms with Gasteiger partial charge in [0.2, 0.25) is 0 Å². The van der Waals surface area contributed by atoms with Crippen LogP contribution >= 0.6 is 0 Å². The van der Waals surface area contributed by atoms with Crippen LogP contribution in [0.2, 0.25) is 0 Å². The Bertz CT molecular complexity index is 688. The topological polar surface area (TPSA) is 0 Å². The Morgan fingerprint density at radius 3 is 2.03 bits per heavy atom. The first-order valence-corrected chi connectivity index (χ1v) is 11.4. The first-order chi connectivity index (χ1) is 13.8. The second-order valence-corrected chi connectivity index (χ2v) is 9.11. The highest BCUT2D eigenvalue weighted by molar-refractivity contribution is 5.56. The van der Waals surface area contributed by atoms with Gasteiger partial charge in [0.15, 0.2) is 0 Å². The molecule has 4 heteroatoms. The molecular weight excluding hydrogens is 376 g/mol. The van der Waals surface area contributed by atoms with Crippen molar-refractivity contribution in [3.05, 3.63) is 40.7 Å². The van der Waals surface area contributed by atoms with E-state index in [1.807, 2.05) is 0 Å². The van der Waals surface area contributed by atoms with E-state index in [-0.39, 0.29) is 17.0 Å². The molecule has 1 aromatic carbocycles. The molecule has 2 aliphatic rings. The summed E-state index contributed by atoms with van der Waals surface area (Å²) in [4.78, 5) is 0. The molecule has 162 valence electrons. The summed E-state index contributed by atoms with van der Waals surface area (Å²) in [6.07, 6.45) is 9.67. The van der Waals surface area contributed by atoms with E-state index < -0.39 is 17.6 Å². The van der Waals surface area contributed by atoms with E-state index in [9.17, 15) is 17.6 Å². The van der Waals surface area contributed by atoms with E-state index in [1.165, 1.54) is 56.7 Å². The van der Waals surface area contributed by atoms with Crippen molar-refractivity contribution in [1.82, 2.24) is 0 Å². The second-order valence-electron chi connectivity index (χ2n) is 9.11. The van der Waals surface area contributed by atoms with Gasteiger partial charge in [0.05, 0.1) is 5.56 Å². The van der Waals surface area contributed by atoms with Crippen LogP contribution in [-0.2, 0) is 6.18 Å². The maximum absolute atomic E-state index is 15.0. The Labute approximate surface area is 172 Å². The molecule has 0 nitrogen and oxygen atoms in total. The SMILES string of the molecule is CC=Cc1ccc(C2CCC(C3CCC(CCC)CC3)CC2)c(F)c1C(F)(F)F. The Morgan fingerprint density at radius 2 is 1.52 bits per heavy atom. The molecule has 0 N–H and O–H groups in total. The van der Waals surface area contributed by atoms with Gasteiger partial charge in [0.25, 0.3) is 0 Å². The molecule has 0 aliphatic heterocycles. The summed E-state index contributed by atoms with van der Waals surface area (Å²) in [5.41, 5.74) is -0.932. The molecule has 0 amide bonds. The maximum Gasteiger partial charge on any atom is 0.419 e. The highest BCUT2D eigenvalue weighted by atomic mass is 19.4. The third kappa shape index (κ3) is 5.24. The molecule has 0 unspecified atom stereocenters. The van der Waals surface area contributed by atoms with Gasteiger partial charge in [0.1, 0.15) is 5.82 Å². The lowest BCUT2D eigenvalue weighted by molar-refractivity contribution is -0.140. The molecule has 29 heavy (non-hydrogen) atoms. The average molecular weight is 411 g/mol. The van der Waals surface area contributed by atoms with Crippen LogP contribution in [0.25, 0.3) is 6.08 Å². The van der Waals surface area contributed by atoms with Gasteiger partial charge in [0, 0.05) is 0 Å². The molecule has 0 atom stereocenters. The van der Waals surface area contributed by atoms with Crippen LogP contribution in [0, 0.1) is 23.6 Å². The van der Waals surface area contributed by atoms with Crippen molar-refractivity contribution in [2.24, 2.45) is 17.8 Å². The van der Waals surface area contributed by atoms with Crippen LogP contribution in [0.4, 0.5) is 17.6 Å². The fraction of sp³-hybridized carbons (Fsp3) is 0.680. The number of alkyl halides is 3. The monoisotopic (exact) mass is 410 g/mol. The minimum absolute atomic E-state index is 0.0845. The van der Waals surface area contributed by atoms with Crippen LogP contribution in [0.1, 0.15) is 101 Å². The van der Waals surface area contributed by atoms with Gasteiger partial charge in [-0.2, -0.15) is 13.2 Å². The summed E-state index contributed by atoms with van der Waals surface area (Å²) in [7, 11) is 0. The zero-order valence-electron chi connectivity index (χ0n) is 17.7. The molecule has 0 spiro atoms. The lowest BCUT2D eigenvalue weighted by Crippen LogP contribution is -2.26. The van der Waals surface area contributed by atoms with E-state index in [0.29, 0.717) is 5.92 Å². The molecule has 2 fully saturated rings. The predicted molar refractivity (Wildman–Crippen MR) is 111 cm³/mol. The number of rotatable bonds is 5. The fourth-order valence-corrected chi connectivity index (χ4v) is 5.79. The van der Waals surface area contributed by atoms with E-state index in [1.54, 1.807) is 13.0 Å². The number of hydrogen-bond donors (Lipinski definition) is 0. The molecule has 0 radical (unpaired) electrons. The highest BCUT2D eigenvalue weighted by Crippen LogP contribution is 2.46. The Morgan fingerprint density at radius 1 is 0.931 bits per heavy atom. The Balaban J connectivity index is 1.67. The van der Waals surface area contributed by atoms with Crippen LogP contribution in [0.3, 0.4) is 0 Å². The fourth-order valence-electron chi connectivity index (χ4n) is 5.79. The van der Waals surface area contributed by atoms with Gasteiger partial charge in [-0.15, -0.1) is 0 Å². The van der Waals surface area contributed by atoms with Gasteiger partial charge in [-0.25, -0.2) is 4.39 Å². The molecule has 2 aliphatic carbocycles. The standard InChI is InChI=1S/C25H34F4/c1-3-5-17-7-9-18(10-8-17)19-11-13-20(14-12-19)22-16-15-21(6-4-2)23(24(22)26)25(27,28)29/h4,6,15-20H,3,5,7-14H2,1-2H3. The second kappa shape index (κ2) is 9.66. The van der Waals surface area contributed by atoms with Gasteiger partial charge in [-0.1, -0.05) is 56.9 Å². The van der Waals surface area contributed by atoms with Crippen molar-refractivity contribution in [2.75, 3.05) is 0 Å². The molecule has 2 saturated carbocycles. The lowest BCUT2D eigenvalue weighted by Gasteiger charge is -2.38. The van der Waals surface area contributed by atoms with Gasteiger partial charge >= 0.3 is 6.18 Å². The largest absolute Gasteiger partial charge is 0.419 e. The molecular formula is C25H34F4. The number of benzene rings is 1. The zero-order chi connectivity index (χ0) is 21.0. The van der Waals surface area contributed by atoms with Crippen LogP contribution in [0.15, 0.2) is 18.2 Å². The Kier molecular flexibility index (Phi) is 7.45. The maximum atomic E-state index is 15.0. The number of halogens is 4. The van der Waals surface area contributed by atoms with Gasteiger partial charge < -0.3 is 0 Å². The summed E-state index contributed by atoms with van der Waals surface area (Å²) in [6, 6.07) is 3.02. The van der Waals surface area contributed by atoms with Crippen LogP contribution in [-0.4, -0.2) is 0 Å². The predicted octanol–water partition coefficient (Wildman–Crippen LogP) is 8.76. The first-order valence-electron chi connectivity index (χ1n) is 11.4. The molecule has 1 aromatic rings.